The lowest BCUT2D eigenvalue weighted by Crippen LogP contribution is -2.21. The van der Waals surface area contributed by atoms with Crippen molar-refractivity contribution in [3.05, 3.63) is 58.7 Å². The molecule has 2 heteroatoms. The van der Waals surface area contributed by atoms with Crippen molar-refractivity contribution in [3.63, 3.8) is 0 Å². The van der Waals surface area contributed by atoms with Gasteiger partial charge in [0.05, 0.1) is 0 Å². The molecule has 2 aliphatic carbocycles. The Hall–Kier alpha value is -1.64. The molecule has 0 fully saturated rings. The van der Waals surface area contributed by atoms with Crippen molar-refractivity contribution in [2.45, 2.75) is 37.9 Å². The highest BCUT2D eigenvalue weighted by atomic mass is 16.3. The monoisotopic (exact) mass is 266 g/mol. The summed E-state index contributed by atoms with van der Waals surface area (Å²) in [6.45, 7) is 0. The molecule has 0 aromatic heterocycles. The number of hydrogen-bond donors (Lipinski definition) is 2. The average Bonchev–Trinajstić information content (AvgIpc) is 2.51. The molecular formula is C18H18O2. The van der Waals surface area contributed by atoms with Gasteiger partial charge in [0.1, 0.15) is 12.2 Å². The number of benzene rings is 2. The molecule has 0 heterocycles. The van der Waals surface area contributed by atoms with Crippen molar-refractivity contribution in [1.29, 1.82) is 0 Å². The van der Waals surface area contributed by atoms with Crippen LogP contribution in [0, 0.1) is 0 Å². The van der Waals surface area contributed by atoms with Crippen LogP contribution in [0.25, 0.3) is 11.1 Å². The van der Waals surface area contributed by atoms with Crippen LogP contribution >= 0.6 is 0 Å². The zero-order valence-corrected chi connectivity index (χ0v) is 11.3. The van der Waals surface area contributed by atoms with E-state index in [0.717, 1.165) is 35.1 Å². The predicted octanol–water partition coefficient (Wildman–Crippen LogP) is 3.31. The van der Waals surface area contributed by atoms with Crippen LogP contribution in [0.1, 0.15) is 47.3 Å². The molecule has 0 aliphatic heterocycles. The molecule has 0 spiro atoms. The molecule has 0 radical (unpaired) electrons. The number of aryl methyl sites for hydroxylation is 1. The van der Waals surface area contributed by atoms with Gasteiger partial charge in [0.2, 0.25) is 0 Å². The number of hydrogen-bond acceptors (Lipinski definition) is 2. The van der Waals surface area contributed by atoms with Gasteiger partial charge in [-0.25, -0.2) is 0 Å². The fourth-order valence-corrected chi connectivity index (χ4v) is 3.76. The third-order valence-corrected chi connectivity index (χ3v) is 4.74. The second kappa shape index (κ2) is 4.44. The highest BCUT2D eigenvalue weighted by molar-refractivity contribution is 5.76. The van der Waals surface area contributed by atoms with Crippen LogP contribution in [-0.2, 0) is 12.8 Å². The quantitative estimate of drug-likeness (QED) is 0.768. The van der Waals surface area contributed by atoms with Crippen molar-refractivity contribution < 1.29 is 10.2 Å². The smallest absolute Gasteiger partial charge is 0.110 e. The molecular weight excluding hydrogens is 248 g/mol. The topological polar surface area (TPSA) is 40.5 Å². The lowest BCUT2D eigenvalue weighted by Gasteiger charge is -2.33. The highest BCUT2D eigenvalue weighted by Crippen LogP contribution is 2.47. The van der Waals surface area contributed by atoms with Crippen molar-refractivity contribution in [2.24, 2.45) is 0 Å². The Morgan fingerprint density at radius 2 is 1.60 bits per heavy atom. The third-order valence-electron chi connectivity index (χ3n) is 4.74. The molecule has 0 saturated heterocycles. The molecule has 2 unspecified atom stereocenters. The molecule has 0 bridgehead atoms. The number of fused-ring (bicyclic) bond motifs is 5. The summed E-state index contributed by atoms with van der Waals surface area (Å²) in [4.78, 5) is 0. The second-order valence-electron chi connectivity index (χ2n) is 5.85. The Kier molecular flexibility index (Phi) is 2.69. The second-order valence-corrected chi connectivity index (χ2v) is 5.85. The molecule has 2 nitrogen and oxygen atoms in total. The van der Waals surface area contributed by atoms with Gasteiger partial charge in [0, 0.05) is 0 Å². The Labute approximate surface area is 118 Å². The van der Waals surface area contributed by atoms with Gasteiger partial charge in [-0.15, -0.1) is 0 Å². The van der Waals surface area contributed by atoms with Crippen molar-refractivity contribution in [3.8, 4) is 11.1 Å². The van der Waals surface area contributed by atoms with E-state index in [2.05, 4.69) is 12.1 Å². The molecule has 2 N–H and O–H groups in total. The third kappa shape index (κ3) is 1.58. The van der Waals surface area contributed by atoms with Crippen LogP contribution in [0.2, 0.25) is 0 Å². The molecule has 2 atom stereocenters. The lowest BCUT2D eigenvalue weighted by molar-refractivity contribution is 0.0151. The van der Waals surface area contributed by atoms with Gasteiger partial charge >= 0.3 is 0 Å². The Bertz CT molecular complexity index is 675. The fraction of sp³-hybridized carbons (Fsp3) is 0.333. The first-order chi connectivity index (χ1) is 9.77. The summed E-state index contributed by atoms with van der Waals surface area (Å²) in [5.74, 6) is 0. The van der Waals surface area contributed by atoms with Crippen LogP contribution in [0.15, 0.2) is 36.4 Å². The maximum atomic E-state index is 10.6. The van der Waals surface area contributed by atoms with E-state index >= 15 is 0 Å². The van der Waals surface area contributed by atoms with E-state index in [0.29, 0.717) is 0 Å². The van der Waals surface area contributed by atoms with Crippen LogP contribution in [-0.4, -0.2) is 10.2 Å². The van der Waals surface area contributed by atoms with Crippen molar-refractivity contribution in [2.75, 3.05) is 0 Å². The van der Waals surface area contributed by atoms with E-state index in [1.807, 2.05) is 24.3 Å². The largest absolute Gasteiger partial charge is 0.385 e. The highest BCUT2D eigenvalue weighted by Gasteiger charge is 2.33. The summed E-state index contributed by atoms with van der Waals surface area (Å²) in [5, 5.41) is 21.0. The Morgan fingerprint density at radius 1 is 0.800 bits per heavy atom. The van der Waals surface area contributed by atoms with E-state index in [1.54, 1.807) is 0 Å². The summed E-state index contributed by atoms with van der Waals surface area (Å²) in [7, 11) is 0. The molecule has 102 valence electrons. The standard InChI is InChI=1S/C18H18O2/c19-17-15-8-4-3-7-13(15)14-10-9-11-5-1-2-6-12(11)16(14)18(17)20/h3-4,7-10,17-20H,1-2,5-6H2. The van der Waals surface area contributed by atoms with Gasteiger partial charge < -0.3 is 10.2 Å². The maximum absolute atomic E-state index is 10.6. The van der Waals surface area contributed by atoms with Gasteiger partial charge in [-0.3, -0.25) is 0 Å². The molecule has 2 aromatic carbocycles. The van der Waals surface area contributed by atoms with Crippen LogP contribution < -0.4 is 0 Å². The Balaban J connectivity index is 2.02. The zero-order valence-electron chi connectivity index (χ0n) is 11.3. The first-order valence-electron chi connectivity index (χ1n) is 7.37. The van der Waals surface area contributed by atoms with Crippen molar-refractivity contribution >= 4 is 0 Å². The van der Waals surface area contributed by atoms with E-state index in [4.69, 9.17) is 0 Å². The van der Waals surface area contributed by atoms with Gasteiger partial charge in [0.25, 0.3) is 0 Å². The van der Waals surface area contributed by atoms with Gasteiger partial charge in [-0.2, -0.15) is 0 Å². The van der Waals surface area contributed by atoms with E-state index in [1.165, 1.54) is 24.0 Å². The first kappa shape index (κ1) is 12.1. The van der Waals surface area contributed by atoms with Gasteiger partial charge in [-0.1, -0.05) is 36.4 Å². The molecule has 20 heavy (non-hydrogen) atoms. The number of rotatable bonds is 0. The van der Waals surface area contributed by atoms with Crippen LogP contribution in [0.3, 0.4) is 0 Å². The molecule has 0 saturated carbocycles. The van der Waals surface area contributed by atoms with E-state index in [-0.39, 0.29) is 0 Å². The van der Waals surface area contributed by atoms with E-state index in [9.17, 15) is 10.2 Å². The van der Waals surface area contributed by atoms with Gasteiger partial charge in [0.15, 0.2) is 0 Å². The average molecular weight is 266 g/mol. The minimum absolute atomic E-state index is 0.798. The normalized spacial score (nSPS) is 23.7. The van der Waals surface area contributed by atoms with Crippen molar-refractivity contribution in [1.82, 2.24) is 0 Å². The first-order valence-corrected chi connectivity index (χ1v) is 7.37. The van der Waals surface area contributed by atoms with Crippen LogP contribution in [0.5, 0.6) is 0 Å². The number of aliphatic hydroxyl groups is 2. The summed E-state index contributed by atoms with van der Waals surface area (Å²) in [5.41, 5.74) is 6.58. The number of aliphatic hydroxyl groups excluding tert-OH is 2. The summed E-state index contributed by atoms with van der Waals surface area (Å²) in [6.07, 6.45) is 2.90. The Morgan fingerprint density at radius 3 is 2.50 bits per heavy atom. The van der Waals surface area contributed by atoms with Crippen LogP contribution in [0.4, 0.5) is 0 Å². The molecule has 0 amide bonds. The fourth-order valence-electron chi connectivity index (χ4n) is 3.76. The van der Waals surface area contributed by atoms with E-state index < -0.39 is 12.2 Å². The lowest BCUT2D eigenvalue weighted by atomic mass is 9.76. The SMILES string of the molecule is OC1c2ccccc2-c2ccc3c(c2C1O)CCCC3. The maximum Gasteiger partial charge on any atom is 0.110 e. The molecule has 2 aromatic rings. The summed E-state index contributed by atoms with van der Waals surface area (Å²) < 4.78 is 0. The molecule has 2 aliphatic rings. The zero-order chi connectivity index (χ0) is 13.7. The predicted molar refractivity (Wildman–Crippen MR) is 78.4 cm³/mol. The minimum Gasteiger partial charge on any atom is -0.385 e. The summed E-state index contributed by atoms with van der Waals surface area (Å²) >= 11 is 0. The van der Waals surface area contributed by atoms with Gasteiger partial charge in [-0.05, 0) is 59.1 Å². The summed E-state index contributed by atoms with van der Waals surface area (Å²) in [6, 6.07) is 12.2. The molecule has 4 rings (SSSR count). The minimum atomic E-state index is -0.813.